The Morgan fingerprint density at radius 3 is 2.75 bits per heavy atom. The van der Waals surface area contributed by atoms with Crippen molar-refractivity contribution in [3.05, 3.63) is 35.9 Å². The summed E-state index contributed by atoms with van der Waals surface area (Å²) in [4.78, 5) is 14.3. The molecular formula is C16H24N2O2. The molecule has 110 valence electrons. The Balaban J connectivity index is 1.99. The number of piperidine rings is 1. The number of aliphatic hydroxyl groups is 1. The average molecular weight is 276 g/mol. The van der Waals surface area contributed by atoms with E-state index < -0.39 is 6.10 Å². The maximum absolute atomic E-state index is 12.5. The summed E-state index contributed by atoms with van der Waals surface area (Å²) in [5, 5.41) is 9.92. The molecule has 0 aliphatic carbocycles. The molecule has 0 bridgehead atoms. The largest absolute Gasteiger partial charge is 0.391 e. The highest BCUT2D eigenvalue weighted by atomic mass is 16.3. The van der Waals surface area contributed by atoms with Crippen molar-refractivity contribution < 1.29 is 9.90 Å². The van der Waals surface area contributed by atoms with Crippen LogP contribution >= 0.6 is 0 Å². The summed E-state index contributed by atoms with van der Waals surface area (Å²) in [7, 11) is 0. The van der Waals surface area contributed by atoms with Crippen LogP contribution < -0.4 is 5.73 Å². The predicted octanol–water partition coefficient (Wildman–Crippen LogP) is 1.03. The Morgan fingerprint density at radius 1 is 1.45 bits per heavy atom. The fraction of sp³-hybridized carbons (Fsp3) is 0.562. The van der Waals surface area contributed by atoms with Crippen LogP contribution in [0.2, 0.25) is 0 Å². The summed E-state index contributed by atoms with van der Waals surface area (Å²) in [6, 6.07) is 9.94. The quantitative estimate of drug-likeness (QED) is 0.863. The first-order valence-corrected chi connectivity index (χ1v) is 7.32. The van der Waals surface area contributed by atoms with E-state index in [-0.39, 0.29) is 17.7 Å². The molecule has 0 saturated carbocycles. The molecule has 1 fully saturated rings. The maximum atomic E-state index is 12.5. The highest BCUT2D eigenvalue weighted by Gasteiger charge is 2.30. The number of hydrogen-bond donors (Lipinski definition) is 2. The molecule has 3 unspecified atom stereocenters. The zero-order valence-electron chi connectivity index (χ0n) is 12.0. The molecule has 4 heteroatoms. The van der Waals surface area contributed by atoms with Crippen LogP contribution in [0.15, 0.2) is 30.3 Å². The van der Waals surface area contributed by atoms with Gasteiger partial charge in [-0.2, -0.15) is 0 Å². The minimum atomic E-state index is -0.414. The minimum Gasteiger partial charge on any atom is -0.391 e. The van der Waals surface area contributed by atoms with E-state index >= 15 is 0 Å². The molecule has 1 aliphatic rings. The van der Waals surface area contributed by atoms with Crippen molar-refractivity contribution in [2.45, 2.75) is 25.9 Å². The molecule has 0 radical (unpaired) electrons. The van der Waals surface area contributed by atoms with Crippen molar-refractivity contribution in [3.63, 3.8) is 0 Å². The topological polar surface area (TPSA) is 66.6 Å². The molecular weight excluding hydrogens is 252 g/mol. The number of rotatable bonds is 4. The van der Waals surface area contributed by atoms with Gasteiger partial charge in [-0.15, -0.1) is 0 Å². The Kier molecular flexibility index (Phi) is 5.15. The Bertz CT molecular complexity index is 435. The number of β-amino-alcohol motifs (C(OH)–C–C–N with tert-alkyl or cyclic N) is 1. The first-order chi connectivity index (χ1) is 9.61. The van der Waals surface area contributed by atoms with Gasteiger partial charge in [0.05, 0.1) is 12.0 Å². The van der Waals surface area contributed by atoms with E-state index in [9.17, 15) is 9.90 Å². The van der Waals surface area contributed by atoms with E-state index in [4.69, 9.17) is 5.73 Å². The molecule has 0 aromatic heterocycles. The molecule has 4 nitrogen and oxygen atoms in total. The van der Waals surface area contributed by atoms with Gasteiger partial charge in [-0.25, -0.2) is 0 Å². The van der Waals surface area contributed by atoms with Crippen LogP contribution in [0.4, 0.5) is 0 Å². The first kappa shape index (κ1) is 15.0. The highest BCUT2D eigenvalue weighted by molar-refractivity contribution is 5.79. The lowest BCUT2D eigenvalue weighted by Crippen LogP contribution is -2.49. The lowest BCUT2D eigenvalue weighted by atomic mass is 9.93. The Hall–Kier alpha value is -1.39. The van der Waals surface area contributed by atoms with Crippen LogP contribution in [0, 0.1) is 11.8 Å². The van der Waals surface area contributed by atoms with Gasteiger partial charge in [0, 0.05) is 19.6 Å². The second kappa shape index (κ2) is 6.86. The van der Waals surface area contributed by atoms with Gasteiger partial charge < -0.3 is 15.7 Å². The van der Waals surface area contributed by atoms with Crippen molar-refractivity contribution in [3.8, 4) is 0 Å². The van der Waals surface area contributed by atoms with Crippen molar-refractivity contribution >= 4 is 5.91 Å². The molecule has 0 spiro atoms. The van der Waals surface area contributed by atoms with Crippen LogP contribution in [0.5, 0.6) is 0 Å². The van der Waals surface area contributed by atoms with Gasteiger partial charge in [-0.1, -0.05) is 37.3 Å². The summed E-state index contributed by atoms with van der Waals surface area (Å²) in [6.45, 7) is 3.53. The van der Waals surface area contributed by atoms with Crippen LogP contribution in [0.3, 0.4) is 0 Å². The number of carbonyl (C=O) groups excluding carboxylic acids is 1. The lowest BCUT2D eigenvalue weighted by molar-refractivity contribution is -0.139. The number of benzene rings is 1. The van der Waals surface area contributed by atoms with Crippen molar-refractivity contribution in [1.29, 1.82) is 0 Å². The number of aliphatic hydroxyl groups excluding tert-OH is 1. The third-order valence-corrected chi connectivity index (χ3v) is 4.19. The second-order valence-electron chi connectivity index (χ2n) is 5.74. The second-order valence-corrected chi connectivity index (χ2v) is 5.74. The molecule has 1 aromatic rings. The zero-order chi connectivity index (χ0) is 14.5. The van der Waals surface area contributed by atoms with Gasteiger partial charge in [-0.05, 0) is 24.3 Å². The summed E-state index contributed by atoms with van der Waals surface area (Å²) >= 11 is 0. The SMILES string of the molecule is CC1CCN(C(=O)C(CN)Cc2ccccc2)CC1O. The van der Waals surface area contributed by atoms with Gasteiger partial charge in [0.2, 0.25) is 5.91 Å². The standard InChI is InChI=1S/C16H24N2O2/c1-12-7-8-18(11-15(12)19)16(20)14(10-17)9-13-5-3-2-4-6-13/h2-6,12,14-15,19H,7-11,17H2,1H3. The van der Waals surface area contributed by atoms with Crippen LogP contribution in [-0.4, -0.2) is 41.7 Å². The van der Waals surface area contributed by atoms with Crippen LogP contribution in [0.1, 0.15) is 18.9 Å². The number of nitrogens with zero attached hydrogens (tertiary/aromatic N) is 1. The van der Waals surface area contributed by atoms with E-state index in [2.05, 4.69) is 0 Å². The van der Waals surface area contributed by atoms with E-state index in [0.29, 0.717) is 19.5 Å². The molecule has 3 atom stereocenters. The smallest absolute Gasteiger partial charge is 0.227 e. The molecule has 20 heavy (non-hydrogen) atoms. The minimum absolute atomic E-state index is 0.0716. The maximum Gasteiger partial charge on any atom is 0.227 e. The third kappa shape index (κ3) is 3.58. The lowest BCUT2D eigenvalue weighted by Gasteiger charge is -2.36. The van der Waals surface area contributed by atoms with Crippen LogP contribution in [0.25, 0.3) is 0 Å². The number of nitrogens with two attached hydrogens (primary N) is 1. The first-order valence-electron chi connectivity index (χ1n) is 7.32. The van der Waals surface area contributed by atoms with E-state index in [0.717, 1.165) is 18.5 Å². The molecule has 2 rings (SSSR count). The van der Waals surface area contributed by atoms with Gasteiger partial charge in [-0.3, -0.25) is 4.79 Å². The highest BCUT2D eigenvalue weighted by Crippen LogP contribution is 2.20. The van der Waals surface area contributed by atoms with Crippen molar-refractivity contribution in [2.75, 3.05) is 19.6 Å². The number of hydrogen-bond acceptors (Lipinski definition) is 3. The van der Waals surface area contributed by atoms with Gasteiger partial charge in [0.15, 0.2) is 0 Å². The van der Waals surface area contributed by atoms with E-state index in [1.165, 1.54) is 0 Å². The van der Waals surface area contributed by atoms with Gasteiger partial charge in [0.1, 0.15) is 0 Å². The Morgan fingerprint density at radius 2 is 2.15 bits per heavy atom. The monoisotopic (exact) mass is 276 g/mol. The van der Waals surface area contributed by atoms with E-state index in [1.54, 1.807) is 4.90 Å². The van der Waals surface area contributed by atoms with Crippen molar-refractivity contribution in [1.82, 2.24) is 4.90 Å². The summed E-state index contributed by atoms with van der Waals surface area (Å²) < 4.78 is 0. The molecule has 1 aromatic carbocycles. The molecule has 3 N–H and O–H groups in total. The molecule has 1 heterocycles. The molecule has 1 saturated heterocycles. The average Bonchev–Trinajstić information content (AvgIpc) is 2.48. The van der Waals surface area contributed by atoms with Gasteiger partial charge >= 0.3 is 0 Å². The fourth-order valence-corrected chi connectivity index (χ4v) is 2.68. The molecule has 1 aliphatic heterocycles. The third-order valence-electron chi connectivity index (χ3n) is 4.19. The van der Waals surface area contributed by atoms with Crippen molar-refractivity contribution in [2.24, 2.45) is 17.6 Å². The van der Waals surface area contributed by atoms with Crippen LogP contribution in [-0.2, 0) is 11.2 Å². The summed E-state index contributed by atoms with van der Waals surface area (Å²) in [6.07, 6.45) is 1.11. The zero-order valence-corrected chi connectivity index (χ0v) is 12.0. The number of likely N-dealkylation sites (tertiary alicyclic amines) is 1. The summed E-state index contributed by atoms with van der Waals surface area (Å²) in [5.41, 5.74) is 6.91. The summed E-state index contributed by atoms with van der Waals surface area (Å²) in [5.74, 6) is 0.143. The number of carbonyl (C=O) groups is 1. The Labute approximate surface area is 120 Å². The number of amides is 1. The van der Waals surface area contributed by atoms with Gasteiger partial charge in [0.25, 0.3) is 0 Å². The normalized spacial score (nSPS) is 24.4. The predicted molar refractivity (Wildman–Crippen MR) is 79.1 cm³/mol. The van der Waals surface area contributed by atoms with E-state index in [1.807, 2.05) is 37.3 Å². The molecule has 1 amide bonds. The fourth-order valence-electron chi connectivity index (χ4n) is 2.68.